The number of nitriles is 1. The number of esters is 1. The second-order valence-corrected chi connectivity index (χ2v) is 5.97. The van der Waals surface area contributed by atoms with E-state index in [4.69, 9.17) is 31.7 Å². The van der Waals surface area contributed by atoms with Crippen molar-refractivity contribution in [3.8, 4) is 11.8 Å². The summed E-state index contributed by atoms with van der Waals surface area (Å²) in [6.45, 7) is 2.31. The van der Waals surface area contributed by atoms with Gasteiger partial charge in [0.1, 0.15) is 18.4 Å². The molecule has 0 aromatic heterocycles. The number of thiocarbonyl (C=S) groups is 1. The predicted molar refractivity (Wildman–Crippen MR) is 99.3 cm³/mol. The summed E-state index contributed by atoms with van der Waals surface area (Å²) < 4.78 is 15.5. The maximum Gasteiger partial charge on any atom is 0.338 e. The van der Waals surface area contributed by atoms with Crippen LogP contribution in [0.1, 0.15) is 18.5 Å². The quantitative estimate of drug-likeness (QED) is 0.440. The zero-order chi connectivity index (χ0) is 19.1. The van der Waals surface area contributed by atoms with Crippen molar-refractivity contribution in [1.82, 2.24) is 10.2 Å². The van der Waals surface area contributed by atoms with E-state index in [1.165, 1.54) is 0 Å². The number of allylic oxidation sites excluding steroid dienone is 1. The number of nitrogens with one attached hydrogen (secondary N) is 1. The molecule has 1 atom stereocenters. The van der Waals surface area contributed by atoms with Crippen molar-refractivity contribution < 1.29 is 19.0 Å². The highest BCUT2D eigenvalue weighted by atomic mass is 32.1. The fourth-order valence-corrected chi connectivity index (χ4v) is 2.77. The van der Waals surface area contributed by atoms with E-state index in [1.807, 2.05) is 25.1 Å². The molecule has 0 bridgehead atoms. The molecule has 0 amide bonds. The second-order valence-electron chi connectivity index (χ2n) is 5.59. The average molecular weight is 375 g/mol. The van der Waals surface area contributed by atoms with E-state index in [2.05, 4.69) is 5.32 Å². The number of hydrogen-bond donors (Lipinski definition) is 1. The van der Waals surface area contributed by atoms with Crippen LogP contribution in [0.2, 0.25) is 0 Å². The Labute approximate surface area is 158 Å². The Morgan fingerprint density at radius 3 is 2.65 bits per heavy atom. The molecular weight excluding hydrogens is 354 g/mol. The van der Waals surface area contributed by atoms with Gasteiger partial charge in [0.15, 0.2) is 11.7 Å². The van der Waals surface area contributed by atoms with Gasteiger partial charge in [-0.25, -0.2) is 4.79 Å². The van der Waals surface area contributed by atoms with Gasteiger partial charge >= 0.3 is 5.97 Å². The molecule has 1 aliphatic rings. The van der Waals surface area contributed by atoms with Crippen LogP contribution in [-0.4, -0.2) is 50.0 Å². The number of nitrogens with zero attached hydrogens (tertiary/aromatic N) is 2. The first-order chi connectivity index (χ1) is 12.5. The minimum absolute atomic E-state index is 0.0218. The highest BCUT2D eigenvalue weighted by Gasteiger charge is 2.33. The number of rotatable bonds is 7. The summed E-state index contributed by atoms with van der Waals surface area (Å²) in [4.78, 5) is 14.4. The molecule has 0 aliphatic carbocycles. The third-order valence-corrected chi connectivity index (χ3v) is 4.40. The van der Waals surface area contributed by atoms with Crippen LogP contribution in [0.4, 0.5) is 0 Å². The first-order valence-electron chi connectivity index (χ1n) is 8.00. The molecule has 2 rings (SSSR count). The molecule has 8 heteroatoms. The van der Waals surface area contributed by atoms with Crippen molar-refractivity contribution in [2.45, 2.75) is 13.0 Å². The van der Waals surface area contributed by atoms with Gasteiger partial charge in [-0.15, -0.1) is 0 Å². The molecule has 1 aromatic carbocycles. The number of hydrogen-bond acceptors (Lipinski definition) is 6. The molecule has 0 saturated carbocycles. The highest BCUT2D eigenvalue weighted by Crippen LogP contribution is 2.31. The molecule has 0 unspecified atom stereocenters. The zero-order valence-corrected chi connectivity index (χ0v) is 15.8. The van der Waals surface area contributed by atoms with Crippen LogP contribution in [-0.2, 0) is 14.3 Å². The van der Waals surface area contributed by atoms with Crippen LogP contribution >= 0.6 is 12.2 Å². The minimum Gasteiger partial charge on any atom is -0.479 e. The lowest BCUT2D eigenvalue weighted by atomic mass is 9.95. The summed E-state index contributed by atoms with van der Waals surface area (Å²) >= 11 is 5.36. The number of methoxy groups -OCH3 is 1. The molecule has 138 valence electrons. The number of ether oxygens (including phenoxy) is 3. The monoisotopic (exact) mass is 375 g/mol. The summed E-state index contributed by atoms with van der Waals surface area (Å²) in [5.41, 5.74) is 2.05. The lowest BCUT2D eigenvalue weighted by Crippen LogP contribution is -2.46. The summed E-state index contributed by atoms with van der Waals surface area (Å²) in [5.74, 6) is 0.159. The molecule has 1 aliphatic heterocycles. The van der Waals surface area contributed by atoms with Gasteiger partial charge in [-0.2, -0.15) is 5.26 Å². The summed E-state index contributed by atoms with van der Waals surface area (Å²) in [6, 6.07) is 8.64. The molecule has 0 radical (unpaired) electrons. The SMILES string of the molecule is COCCOC(=O)C1=C(C)N(C)C(=S)N[C@H]1c1ccc(OCC#N)cc1. The van der Waals surface area contributed by atoms with Crippen LogP contribution in [0.5, 0.6) is 5.75 Å². The van der Waals surface area contributed by atoms with E-state index >= 15 is 0 Å². The van der Waals surface area contributed by atoms with E-state index in [-0.39, 0.29) is 13.2 Å². The van der Waals surface area contributed by atoms with Gasteiger partial charge in [-0.05, 0) is 36.8 Å². The van der Waals surface area contributed by atoms with Crippen LogP contribution < -0.4 is 10.1 Å². The standard InChI is InChI=1S/C18H21N3O4S/c1-12-15(17(22)25-11-10-23-3)16(20-18(26)21(12)2)13-4-6-14(7-5-13)24-9-8-19/h4-7,16H,9-11H2,1-3H3,(H,20,26)/t16-/m0/s1. The molecular formula is C18H21N3O4S. The van der Waals surface area contributed by atoms with E-state index in [0.29, 0.717) is 23.0 Å². The average Bonchev–Trinajstić information content (AvgIpc) is 2.64. The van der Waals surface area contributed by atoms with Crippen molar-refractivity contribution in [1.29, 1.82) is 5.26 Å². The first-order valence-corrected chi connectivity index (χ1v) is 8.41. The minimum atomic E-state index is -0.432. The third-order valence-electron chi connectivity index (χ3n) is 4.01. The van der Waals surface area contributed by atoms with Crippen molar-refractivity contribution in [3.63, 3.8) is 0 Å². The normalized spacial score (nSPS) is 16.8. The van der Waals surface area contributed by atoms with E-state index in [9.17, 15) is 4.79 Å². The van der Waals surface area contributed by atoms with Crippen molar-refractivity contribution >= 4 is 23.3 Å². The van der Waals surface area contributed by atoms with E-state index < -0.39 is 12.0 Å². The maximum absolute atomic E-state index is 12.6. The van der Waals surface area contributed by atoms with Crippen LogP contribution in [0, 0.1) is 11.3 Å². The predicted octanol–water partition coefficient (Wildman–Crippen LogP) is 1.91. The molecule has 0 spiro atoms. The lowest BCUT2D eigenvalue weighted by molar-refractivity contribution is -0.140. The van der Waals surface area contributed by atoms with Gasteiger partial charge in [-0.1, -0.05) is 12.1 Å². The summed E-state index contributed by atoms with van der Waals surface area (Å²) in [6.07, 6.45) is 0. The Morgan fingerprint density at radius 1 is 1.35 bits per heavy atom. The second kappa shape index (κ2) is 9.17. The van der Waals surface area contributed by atoms with E-state index in [0.717, 1.165) is 11.3 Å². The maximum atomic E-state index is 12.6. The van der Waals surface area contributed by atoms with Crippen molar-refractivity contribution in [2.24, 2.45) is 0 Å². The largest absolute Gasteiger partial charge is 0.479 e. The molecule has 26 heavy (non-hydrogen) atoms. The third kappa shape index (κ3) is 4.50. The lowest BCUT2D eigenvalue weighted by Gasteiger charge is -2.35. The topological polar surface area (TPSA) is 83.8 Å². The Kier molecular flexibility index (Phi) is 6.95. The van der Waals surface area contributed by atoms with Crippen molar-refractivity contribution in [3.05, 3.63) is 41.1 Å². The fraction of sp³-hybridized carbons (Fsp3) is 0.389. The fourth-order valence-electron chi connectivity index (χ4n) is 2.52. The van der Waals surface area contributed by atoms with Crippen LogP contribution in [0.3, 0.4) is 0 Å². The van der Waals surface area contributed by atoms with Gasteiger partial charge in [0, 0.05) is 19.9 Å². The van der Waals surface area contributed by atoms with Crippen LogP contribution in [0.25, 0.3) is 0 Å². The summed E-state index contributed by atoms with van der Waals surface area (Å²) in [5, 5.41) is 12.3. The molecule has 0 saturated heterocycles. The first kappa shape index (κ1) is 19.7. The number of carbonyl (C=O) groups is 1. The smallest absolute Gasteiger partial charge is 0.338 e. The molecule has 1 heterocycles. The Morgan fingerprint density at radius 2 is 2.04 bits per heavy atom. The van der Waals surface area contributed by atoms with Crippen LogP contribution in [0.15, 0.2) is 35.5 Å². The van der Waals surface area contributed by atoms with Gasteiger partial charge < -0.3 is 24.4 Å². The molecule has 7 nitrogen and oxygen atoms in total. The van der Waals surface area contributed by atoms with Gasteiger partial charge in [0.2, 0.25) is 0 Å². The molecule has 0 fully saturated rings. The van der Waals surface area contributed by atoms with E-state index in [1.54, 1.807) is 31.2 Å². The van der Waals surface area contributed by atoms with Gasteiger partial charge in [0.05, 0.1) is 18.2 Å². The van der Waals surface area contributed by atoms with Gasteiger partial charge in [0.25, 0.3) is 0 Å². The Balaban J connectivity index is 2.30. The molecule has 1 N–H and O–H groups in total. The summed E-state index contributed by atoms with van der Waals surface area (Å²) in [7, 11) is 3.34. The Hall–Kier alpha value is -2.63. The highest BCUT2D eigenvalue weighted by molar-refractivity contribution is 7.80. The number of carbonyl (C=O) groups excluding carboxylic acids is 1. The Bertz CT molecular complexity index is 740. The van der Waals surface area contributed by atoms with Gasteiger partial charge in [-0.3, -0.25) is 0 Å². The van der Waals surface area contributed by atoms with Crippen molar-refractivity contribution in [2.75, 3.05) is 34.0 Å². The number of benzene rings is 1. The zero-order valence-electron chi connectivity index (χ0n) is 14.9. The molecule has 1 aromatic rings.